The average molecular weight is 339 g/mol. The Bertz CT molecular complexity index is 914. The second-order valence-electron chi connectivity index (χ2n) is 6.66. The summed E-state index contributed by atoms with van der Waals surface area (Å²) in [4.78, 5) is 14.5. The molecule has 8 nitrogen and oxygen atoms in total. The van der Waals surface area contributed by atoms with Crippen LogP contribution >= 0.6 is 0 Å². The molecule has 0 atom stereocenters. The van der Waals surface area contributed by atoms with Crippen LogP contribution in [0.3, 0.4) is 0 Å². The third-order valence-electron chi connectivity index (χ3n) is 4.90. The minimum absolute atomic E-state index is 0.00206. The SMILES string of the molecule is Cc1ccc2nnc(C3CCN(C(=O)c4cc(C)n(C)n4)CC3)n2n1. The molecule has 0 N–H and O–H groups in total. The van der Waals surface area contributed by atoms with Crippen LogP contribution in [0.5, 0.6) is 0 Å². The van der Waals surface area contributed by atoms with Crippen molar-refractivity contribution < 1.29 is 4.79 Å². The van der Waals surface area contributed by atoms with Crippen LogP contribution in [-0.2, 0) is 7.05 Å². The van der Waals surface area contributed by atoms with Gasteiger partial charge in [-0.15, -0.1) is 10.2 Å². The van der Waals surface area contributed by atoms with E-state index >= 15 is 0 Å². The Labute approximate surface area is 145 Å². The lowest BCUT2D eigenvalue weighted by molar-refractivity contribution is 0.0704. The monoisotopic (exact) mass is 339 g/mol. The molecule has 0 radical (unpaired) electrons. The van der Waals surface area contributed by atoms with Gasteiger partial charge in [0.15, 0.2) is 17.2 Å². The Morgan fingerprint density at radius 1 is 1.12 bits per heavy atom. The fourth-order valence-electron chi connectivity index (χ4n) is 3.32. The molecule has 8 heteroatoms. The van der Waals surface area contributed by atoms with Gasteiger partial charge in [-0.25, -0.2) is 0 Å². The van der Waals surface area contributed by atoms with Crippen LogP contribution in [0.4, 0.5) is 0 Å². The van der Waals surface area contributed by atoms with E-state index in [1.165, 1.54) is 0 Å². The van der Waals surface area contributed by atoms with Crippen molar-refractivity contribution in [2.24, 2.45) is 7.05 Å². The molecule has 0 saturated carbocycles. The van der Waals surface area contributed by atoms with Crippen molar-refractivity contribution in [2.75, 3.05) is 13.1 Å². The first kappa shape index (κ1) is 15.7. The first-order chi connectivity index (χ1) is 12.0. The molecule has 1 aliphatic rings. The maximum Gasteiger partial charge on any atom is 0.274 e. The minimum Gasteiger partial charge on any atom is -0.337 e. The smallest absolute Gasteiger partial charge is 0.274 e. The lowest BCUT2D eigenvalue weighted by Crippen LogP contribution is -2.38. The standard InChI is InChI=1S/C17H21N7O/c1-11-4-5-15-18-19-16(24(15)20-11)13-6-8-23(9-7-13)17(25)14-10-12(2)22(3)21-14/h4-5,10,13H,6-9H2,1-3H3. The van der Waals surface area contributed by atoms with E-state index in [-0.39, 0.29) is 11.8 Å². The van der Waals surface area contributed by atoms with Crippen molar-refractivity contribution in [2.45, 2.75) is 32.6 Å². The Morgan fingerprint density at radius 2 is 1.88 bits per heavy atom. The molecule has 0 unspecified atom stereocenters. The van der Waals surface area contributed by atoms with E-state index in [2.05, 4.69) is 20.4 Å². The summed E-state index contributed by atoms with van der Waals surface area (Å²) in [5.74, 6) is 1.15. The molecule has 0 spiro atoms. The van der Waals surface area contributed by atoms with Gasteiger partial charge in [0.2, 0.25) is 0 Å². The van der Waals surface area contributed by atoms with Gasteiger partial charge >= 0.3 is 0 Å². The number of carbonyl (C=O) groups excluding carboxylic acids is 1. The van der Waals surface area contributed by atoms with Crippen molar-refractivity contribution in [3.05, 3.63) is 41.1 Å². The van der Waals surface area contributed by atoms with E-state index in [0.29, 0.717) is 18.8 Å². The number of amides is 1. The van der Waals surface area contributed by atoms with E-state index in [9.17, 15) is 4.79 Å². The van der Waals surface area contributed by atoms with E-state index < -0.39 is 0 Å². The van der Waals surface area contributed by atoms with Crippen molar-refractivity contribution >= 4 is 11.6 Å². The van der Waals surface area contributed by atoms with Crippen LogP contribution in [-0.4, -0.2) is 53.5 Å². The summed E-state index contributed by atoms with van der Waals surface area (Å²) < 4.78 is 3.57. The van der Waals surface area contributed by atoms with Gasteiger partial charge in [0, 0.05) is 31.7 Å². The minimum atomic E-state index is 0.00206. The van der Waals surface area contributed by atoms with Crippen LogP contribution in [0.15, 0.2) is 18.2 Å². The number of likely N-dealkylation sites (tertiary alicyclic amines) is 1. The van der Waals surface area contributed by atoms with Gasteiger partial charge < -0.3 is 4.90 Å². The van der Waals surface area contributed by atoms with Crippen LogP contribution in [0, 0.1) is 13.8 Å². The molecule has 1 saturated heterocycles. The van der Waals surface area contributed by atoms with E-state index in [0.717, 1.165) is 35.7 Å². The first-order valence-electron chi connectivity index (χ1n) is 8.52. The Hall–Kier alpha value is -2.77. The number of aromatic nitrogens is 6. The number of nitrogens with zero attached hydrogens (tertiary/aromatic N) is 7. The van der Waals surface area contributed by atoms with E-state index in [1.54, 1.807) is 4.68 Å². The zero-order valence-electron chi connectivity index (χ0n) is 14.7. The summed E-state index contributed by atoms with van der Waals surface area (Å²) >= 11 is 0. The second-order valence-corrected chi connectivity index (χ2v) is 6.66. The Kier molecular flexibility index (Phi) is 3.74. The average Bonchev–Trinajstić information content (AvgIpc) is 3.17. The molecule has 0 aliphatic carbocycles. The van der Waals surface area contributed by atoms with Gasteiger partial charge in [0.1, 0.15) is 0 Å². The molecule has 3 aromatic rings. The van der Waals surface area contributed by atoms with E-state index in [4.69, 9.17) is 0 Å². The molecule has 4 heterocycles. The zero-order chi connectivity index (χ0) is 17.6. The molecule has 25 heavy (non-hydrogen) atoms. The third-order valence-corrected chi connectivity index (χ3v) is 4.90. The summed E-state index contributed by atoms with van der Waals surface area (Å²) in [6, 6.07) is 5.71. The van der Waals surface area contributed by atoms with Crippen LogP contribution in [0.2, 0.25) is 0 Å². The van der Waals surface area contributed by atoms with Crippen molar-refractivity contribution in [1.82, 2.24) is 34.5 Å². The van der Waals surface area contributed by atoms with Crippen molar-refractivity contribution in [3.63, 3.8) is 0 Å². The van der Waals surface area contributed by atoms with Crippen LogP contribution in [0.1, 0.15) is 46.5 Å². The molecular formula is C17H21N7O. The second kappa shape index (κ2) is 5.94. The topological polar surface area (TPSA) is 81.2 Å². The van der Waals surface area contributed by atoms with Gasteiger partial charge in [-0.3, -0.25) is 9.48 Å². The zero-order valence-corrected chi connectivity index (χ0v) is 14.7. The lowest BCUT2D eigenvalue weighted by atomic mass is 9.96. The molecule has 1 aliphatic heterocycles. The molecule has 1 fully saturated rings. The summed E-state index contributed by atoms with van der Waals surface area (Å²) in [7, 11) is 1.85. The van der Waals surface area contributed by atoms with Crippen LogP contribution in [0.25, 0.3) is 5.65 Å². The largest absolute Gasteiger partial charge is 0.337 e. The molecular weight excluding hydrogens is 318 g/mol. The number of aryl methyl sites for hydroxylation is 3. The number of hydrogen-bond acceptors (Lipinski definition) is 5. The highest BCUT2D eigenvalue weighted by atomic mass is 16.2. The van der Waals surface area contributed by atoms with E-state index in [1.807, 2.05) is 48.5 Å². The molecule has 0 aromatic carbocycles. The first-order valence-corrected chi connectivity index (χ1v) is 8.52. The lowest BCUT2D eigenvalue weighted by Gasteiger charge is -2.30. The number of carbonyl (C=O) groups is 1. The predicted molar refractivity (Wildman–Crippen MR) is 91.3 cm³/mol. The van der Waals surface area contributed by atoms with Crippen LogP contribution < -0.4 is 0 Å². The van der Waals surface area contributed by atoms with Gasteiger partial charge in [-0.2, -0.15) is 14.7 Å². The Morgan fingerprint density at radius 3 is 2.56 bits per heavy atom. The van der Waals surface area contributed by atoms with Crippen molar-refractivity contribution in [3.8, 4) is 0 Å². The Balaban J connectivity index is 1.49. The van der Waals surface area contributed by atoms with Gasteiger partial charge in [-0.1, -0.05) is 0 Å². The summed E-state index contributed by atoms with van der Waals surface area (Å²) in [6.45, 7) is 5.29. The molecule has 3 aromatic heterocycles. The highest BCUT2D eigenvalue weighted by molar-refractivity contribution is 5.92. The third kappa shape index (κ3) is 2.77. The number of fused-ring (bicyclic) bond motifs is 1. The summed E-state index contributed by atoms with van der Waals surface area (Å²) in [5, 5.41) is 17.4. The molecule has 0 bridgehead atoms. The quantitative estimate of drug-likeness (QED) is 0.707. The molecule has 130 valence electrons. The summed E-state index contributed by atoms with van der Waals surface area (Å²) in [5.41, 5.74) is 3.20. The van der Waals surface area contributed by atoms with Crippen molar-refractivity contribution in [1.29, 1.82) is 0 Å². The van der Waals surface area contributed by atoms with Gasteiger partial charge in [-0.05, 0) is 44.9 Å². The highest BCUT2D eigenvalue weighted by Crippen LogP contribution is 2.27. The summed E-state index contributed by atoms with van der Waals surface area (Å²) in [6.07, 6.45) is 1.71. The normalized spacial score (nSPS) is 15.9. The fraction of sp³-hybridized carbons (Fsp3) is 0.471. The molecule has 4 rings (SSSR count). The number of rotatable bonds is 2. The predicted octanol–water partition coefficient (Wildman–Crippen LogP) is 1.49. The maximum atomic E-state index is 12.6. The molecule has 1 amide bonds. The van der Waals surface area contributed by atoms with Gasteiger partial charge in [0.05, 0.1) is 5.69 Å². The fourth-order valence-corrected chi connectivity index (χ4v) is 3.32. The number of piperidine rings is 1. The highest BCUT2D eigenvalue weighted by Gasteiger charge is 2.28. The maximum absolute atomic E-state index is 12.6. The van der Waals surface area contributed by atoms with Gasteiger partial charge in [0.25, 0.3) is 5.91 Å². The number of hydrogen-bond donors (Lipinski definition) is 0.